The quantitative estimate of drug-likeness (QED) is 0.420. The Bertz CT molecular complexity index is 1290. The molecular formula is C20H17Cl2N5O2S. The maximum absolute atomic E-state index is 12.5. The molecule has 0 saturated carbocycles. The number of halogens is 2. The smallest absolute Gasteiger partial charge is 0.219 e. The Morgan fingerprint density at radius 2 is 1.73 bits per heavy atom. The van der Waals surface area contributed by atoms with E-state index in [0.717, 1.165) is 16.7 Å². The molecule has 4 rings (SSSR count). The van der Waals surface area contributed by atoms with E-state index in [1.165, 1.54) is 6.33 Å². The van der Waals surface area contributed by atoms with Gasteiger partial charge in [-0.2, -0.15) is 10.1 Å². The van der Waals surface area contributed by atoms with Gasteiger partial charge in [-0.25, -0.2) is 22.6 Å². The molecule has 0 radical (unpaired) electrons. The fourth-order valence-corrected chi connectivity index (χ4v) is 4.34. The number of benzene rings is 2. The van der Waals surface area contributed by atoms with Crippen molar-refractivity contribution in [2.24, 2.45) is 0 Å². The second kappa shape index (κ2) is 8.69. The van der Waals surface area contributed by atoms with Gasteiger partial charge in [0, 0.05) is 18.9 Å². The van der Waals surface area contributed by atoms with Gasteiger partial charge in [-0.1, -0.05) is 41.4 Å². The SMILES string of the molecule is O=S(=O)(NCCCc1cnc2ncnn2c1)c1ccc(-c2ccc(Cl)c(Cl)c2)cc1. The Balaban J connectivity index is 1.36. The van der Waals surface area contributed by atoms with Crippen molar-refractivity contribution in [3.63, 3.8) is 0 Å². The van der Waals surface area contributed by atoms with Crippen LogP contribution < -0.4 is 4.72 Å². The predicted octanol–water partition coefficient (Wildman–Crippen LogP) is 4.01. The lowest BCUT2D eigenvalue weighted by molar-refractivity contribution is 0.579. The highest BCUT2D eigenvalue weighted by molar-refractivity contribution is 7.89. The second-order valence-electron chi connectivity index (χ2n) is 6.62. The molecule has 0 spiro atoms. The maximum Gasteiger partial charge on any atom is 0.252 e. The van der Waals surface area contributed by atoms with E-state index >= 15 is 0 Å². The van der Waals surface area contributed by atoms with Gasteiger partial charge < -0.3 is 0 Å². The number of rotatable bonds is 7. The zero-order valence-corrected chi connectivity index (χ0v) is 18.0. The van der Waals surface area contributed by atoms with E-state index in [9.17, 15) is 8.42 Å². The van der Waals surface area contributed by atoms with E-state index in [1.807, 2.05) is 12.3 Å². The van der Waals surface area contributed by atoms with Crippen molar-refractivity contribution >= 4 is 39.0 Å². The van der Waals surface area contributed by atoms with Gasteiger partial charge in [-0.3, -0.25) is 0 Å². The van der Waals surface area contributed by atoms with Crippen LogP contribution in [0.2, 0.25) is 10.0 Å². The Morgan fingerprint density at radius 1 is 0.967 bits per heavy atom. The Kier molecular flexibility index (Phi) is 6.01. The minimum absolute atomic E-state index is 0.206. The lowest BCUT2D eigenvalue weighted by Crippen LogP contribution is -2.25. The Hall–Kier alpha value is -2.52. The normalized spacial score (nSPS) is 11.8. The summed E-state index contributed by atoms with van der Waals surface area (Å²) in [5, 5.41) is 4.96. The first-order valence-corrected chi connectivity index (χ1v) is 11.4. The van der Waals surface area contributed by atoms with Crippen molar-refractivity contribution < 1.29 is 8.42 Å². The summed E-state index contributed by atoms with van der Waals surface area (Å²) in [6.45, 7) is 0.312. The van der Waals surface area contributed by atoms with Gasteiger partial charge in [0.05, 0.1) is 14.9 Å². The van der Waals surface area contributed by atoms with Crippen LogP contribution in [0.15, 0.2) is 66.1 Å². The zero-order chi connectivity index (χ0) is 21.1. The molecule has 0 unspecified atom stereocenters. The highest BCUT2D eigenvalue weighted by Gasteiger charge is 2.13. The average Bonchev–Trinajstić information content (AvgIpc) is 3.21. The number of aromatic nitrogens is 4. The van der Waals surface area contributed by atoms with Crippen LogP contribution >= 0.6 is 23.2 Å². The lowest BCUT2D eigenvalue weighted by atomic mass is 10.1. The third-order valence-corrected chi connectivity index (χ3v) is 6.76. The van der Waals surface area contributed by atoms with Gasteiger partial charge in [0.1, 0.15) is 6.33 Å². The fraction of sp³-hybridized carbons (Fsp3) is 0.150. The fourth-order valence-electron chi connectivity index (χ4n) is 2.97. The van der Waals surface area contributed by atoms with Gasteiger partial charge in [0.25, 0.3) is 5.78 Å². The van der Waals surface area contributed by atoms with Crippen LogP contribution in [0.5, 0.6) is 0 Å². The van der Waals surface area contributed by atoms with E-state index in [4.69, 9.17) is 23.2 Å². The molecule has 2 heterocycles. The van der Waals surface area contributed by atoms with E-state index < -0.39 is 10.0 Å². The number of nitrogens with one attached hydrogen (secondary N) is 1. The van der Waals surface area contributed by atoms with Gasteiger partial charge >= 0.3 is 0 Å². The number of aryl methyl sites for hydroxylation is 1. The van der Waals surface area contributed by atoms with Gasteiger partial charge in [0.15, 0.2) is 0 Å². The van der Waals surface area contributed by atoms with Gasteiger partial charge in [0.2, 0.25) is 10.0 Å². The van der Waals surface area contributed by atoms with Crippen molar-refractivity contribution in [1.29, 1.82) is 0 Å². The molecule has 154 valence electrons. The number of hydrogen-bond donors (Lipinski definition) is 1. The van der Waals surface area contributed by atoms with E-state index in [1.54, 1.807) is 47.1 Å². The summed E-state index contributed by atoms with van der Waals surface area (Å²) in [4.78, 5) is 8.39. The summed E-state index contributed by atoms with van der Waals surface area (Å²) < 4.78 is 29.3. The zero-order valence-electron chi connectivity index (χ0n) is 15.7. The molecule has 0 aliphatic rings. The number of fused-ring (bicyclic) bond motifs is 1. The van der Waals surface area contributed by atoms with Crippen LogP contribution in [-0.4, -0.2) is 34.5 Å². The first-order chi connectivity index (χ1) is 14.4. The molecule has 1 N–H and O–H groups in total. The summed E-state index contributed by atoms with van der Waals surface area (Å²) in [6.07, 6.45) is 6.29. The van der Waals surface area contributed by atoms with Crippen molar-refractivity contribution in [2.45, 2.75) is 17.7 Å². The summed E-state index contributed by atoms with van der Waals surface area (Å²) in [6, 6.07) is 11.9. The molecule has 0 atom stereocenters. The first kappa shape index (κ1) is 20.7. The van der Waals surface area contributed by atoms with Crippen LogP contribution in [0.3, 0.4) is 0 Å². The highest BCUT2D eigenvalue weighted by Crippen LogP contribution is 2.29. The molecule has 0 bridgehead atoms. The number of sulfonamides is 1. The molecule has 2 aromatic carbocycles. The molecule has 0 amide bonds. The molecule has 0 saturated heterocycles. The van der Waals surface area contributed by atoms with Crippen molar-refractivity contribution in [2.75, 3.05) is 6.54 Å². The summed E-state index contributed by atoms with van der Waals surface area (Å²) in [5.74, 6) is 0.531. The minimum atomic E-state index is -3.59. The summed E-state index contributed by atoms with van der Waals surface area (Å²) in [5.41, 5.74) is 2.67. The van der Waals surface area contributed by atoms with Crippen LogP contribution in [0.4, 0.5) is 0 Å². The Morgan fingerprint density at radius 3 is 2.50 bits per heavy atom. The van der Waals surface area contributed by atoms with Crippen LogP contribution in [-0.2, 0) is 16.4 Å². The van der Waals surface area contributed by atoms with Crippen molar-refractivity contribution in [3.05, 3.63) is 76.8 Å². The second-order valence-corrected chi connectivity index (χ2v) is 9.20. The van der Waals surface area contributed by atoms with E-state index in [0.29, 0.717) is 35.2 Å². The first-order valence-electron chi connectivity index (χ1n) is 9.12. The Labute approximate surface area is 183 Å². The highest BCUT2D eigenvalue weighted by atomic mass is 35.5. The van der Waals surface area contributed by atoms with E-state index in [2.05, 4.69) is 19.8 Å². The van der Waals surface area contributed by atoms with E-state index in [-0.39, 0.29) is 4.90 Å². The molecule has 4 aromatic rings. The third kappa shape index (κ3) is 4.62. The maximum atomic E-state index is 12.5. The molecule has 0 aliphatic carbocycles. The third-order valence-electron chi connectivity index (χ3n) is 4.54. The summed E-state index contributed by atoms with van der Waals surface area (Å²) >= 11 is 12.0. The molecule has 0 fully saturated rings. The molecular weight excluding hydrogens is 445 g/mol. The molecule has 7 nitrogen and oxygen atoms in total. The van der Waals surface area contributed by atoms with Gasteiger partial charge in [-0.15, -0.1) is 0 Å². The van der Waals surface area contributed by atoms with Crippen LogP contribution in [0.1, 0.15) is 12.0 Å². The standard InChI is InChI=1S/C20H17Cl2N5O2S/c21-18-8-5-16(10-19(18)22)15-3-6-17(7-4-15)30(28,29)26-9-1-2-14-11-23-20-24-13-25-27(20)12-14/h3-8,10-13,26H,1-2,9H2. The minimum Gasteiger partial charge on any atom is -0.219 e. The molecule has 10 heteroatoms. The lowest BCUT2D eigenvalue weighted by Gasteiger charge is -2.08. The van der Waals surface area contributed by atoms with Crippen LogP contribution in [0.25, 0.3) is 16.9 Å². The summed E-state index contributed by atoms with van der Waals surface area (Å²) in [7, 11) is -3.59. The van der Waals surface area contributed by atoms with Crippen molar-refractivity contribution in [3.8, 4) is 11.1 Å². The largest absolute Gasteiger partial charge is 0.252 e. The topological polar surface area (TPSA) is 89.2 Å². The van der Waals surface area contributed by atoms with Gasteiger partial charge in [-0.05, 0) is 53.8 Å². The number of nitrogens with zero attached hydrogens (tertiary/aromatic N) is 4. The molecule has 30 heavy (non-hydrogen) atoms. The predicted molar refractivity (Wildman–Crippen MR) is 116 cm³/mol. The monoisotopic (exact) mass is 461 g/mol. The van der Waals surface area contributed by atoms with Crippen molar-refractivity contribution in [1.82, 2.24) is 24.3 Å². The molecule has 2 aromatic heterocycles. The number of hydrogen-bond acceptors (Lipinski definition) is 5. The van der Waals surface area contributed by atoms with Crippen LogP contribution in [0, 0.1) is 0 Å². The molecule has 0 aliphatic heterocycles. The average molecular weight is 462 g/mol.